The number of nitrogens with zero attached hydrogens (tertiary/aromatic N) is 2. The van der Waals surface area contributed by atoms with Crippen LogP contribution in [0.2, 0.25) is 0 Å². The summed E-state index contributed by atoms with van der Waals surface area (Å²) in [5.41, 5.74) is 0.454. The van der Waals surface area contributed by atoms with Gasteiger partial charge < -0.3 is 9.84 Å². The number of nitro benzene ring substituents is 1. The van der Waals surface area contributed by atoms with Crippen molar-refractivity contribution in [2.45, 2.75) is 6.61 Å². The Morgan fingerprint density at radius 1 is 1.38 bits per heavy atom. The lowest BCUT2D eigenvalue weighted by molar-refractivity contribution is -0.384. The minimum Gasteiger partial charge on any atom is -0.480 e. The van der Waals surface area contributed by atoms with E-state index >= 15 is 0 Å². The fraction of sp³-hybridized carbons (Fsp3) is 0.231. The monoisotopic (exact) mass is 292 g/mol. The maximum atomic E-state index is 11.7. The third-order valence-corrected chi connectivity index (χ3v) is 2.38. The Kier molecular flexibility index (Phi) is 5.70. The number of benzene rings is 1. The van der Waals surface area contributed by atoms with Crippen molar-refractivity contribution >= 4 is 17.7 Å². The van der Waals surface area contributed by atoms with Gasteiger partial charge in [-0.3, -0.25) is 19.8 Å². The number of terminal acetylenes is 1. The lowest BCUT2D eigenvalue weighted by atomic mass is 10.2. The standard InChI is InChI=1S/C13H12N2O6/c1-2-7-14(8-12(16)17)13(18)21-9-10-3-5-11(6-4-10)15(19)20/h1,3-6H,7-9H2,(H,16,17). The van der Waals surface area contributed by atoms with Crippen molar-refractivity contribution in [1.29, 1.82) is 0 Å². The molecule has 1 N–H and O–H groups in total. The van der Waals surface area contributed by atoms with Crippen LogP contribution in [0.1, 0.15) is 5.56 Å². The minimum absolute atomic E-state index is 0.0788. The molecule has 8 heteroatoms. The molecular formula is C13H12N2O6. The number of hydrogen-bond donors (Lipinski definition) is 1. The maximum absolute atomic E-state index is 11.7. The molecule has 110 valence electrons. The molecule has 1 aromatic carbocycles. The van der Waals surface area contributed by atoms with E-state index in [4.69, 9.17) is 16.3 Å². The van der Waals surface area contributed by atoms with Crippen LogP contribution in [0.4, 0.5) is 10.5 Å². The molecule has 0 bridgehead atoms. The van der Waals surface area contributed by atoms with Gasteiger partial charge in [-0.2, -0.15) is 0 Å². The Labute approximate surface area is 120 Å². The smallest absolute Gasteiger partial charge is 0.411 e. The largest absolute Gasteiger partial charge is 0.480 e. The molecule has 0 saturated heterocycles. The van der Waals surface area contributed by atoms with Crippen LogP contribution in [0.5, 0.6) is 0 Å². The zero-order valence-electron chi connectivity index (χ0n) is 10.9. The van der Waals surface area contributed by atoms with Gasteiger partial charge in [0.1, 0.15) is 13.2 Å². The average molecular weight is 292 g/mol. The van der Waals surface area contributed by atoms with E-state index in [0.717, 1.165) is 4.90 Å². The summed E-state index contributed by atoms with van der Waals surface area (Å²) in [5.74, 6) is 0.948. The summed E-state index contributed by atoms with van der Waals surface area (Å²) in [5, 5.41) is 19.1. The number of rotatable bonds is 6. The van der Waals surface area contributed by atoms with Gasteiger partial charge in [0.2, 0.25) is 0 Å². The molecule has 0 aliphatic heterocycles. The van der Waals surface area contributed by atoms with E-state index in [1.54, 1.807) is 0 Å². The quantitative estimate of drug-likeness (QED) is 0.480. The van der Waals surface area contributed by atoms with Gasteiger partial charge in [-0.15, -0.1) is 6.42 Å². The summed E-state index contributed by atoms with van der Waals surface area (Å²) in [6.07, 6.45) is 4.17. The molecule has 0 spiro atoms. The summed E-state index contributed by atoms with van der Waals surface area (Å²) in [7, 11) is 0. The maximum Gasteiger partial charge on any atom is 0.411 e. The van der Waals surface area contributed by atoms with Crippen LogP contribution in [0.15, 0.2) is 24.3 Å². The van der Waals surface area contributed by atoms with E-state index in [9.17, 15) is 19.7 Å². The van der Waals surface area contributed by atoms with Crippen LogP contribution in [0.25, 0.3) is 0 Å². The van der Waals surface area contributed by atoms with Gasteiger partial charge in [0, 0.05) is 12.1 Å². The number of aliphatic carboxylic acids is 1. The van der Waals surface area contributed by atoms with Gasteiger partial charge in [-0.1, -0.05) is 5.92 Å². The molecule has 1 aromatic rings. The van der Waals surface area contributed by atoms with Crippen molar-refractivity contribution in [2.75, 3.05) is 13.1 Å². The molecule has 0 radical (unpaired) electrons. The van der Waals surface area contributed by atoms with Gasteiger partial charge in [0.15, 0.2) is 0 Å². The molecular weight excluding hydrogens is 280 g/mol. The number of carboxylic acid groups (broad SMARTS) is 1. The van der Waals surface area contributed by atoms with Crippen molar-refractivity contribution in [1.82, 2.24) is 4.90 Å². The molecule has 0 aliphatic carbocycles. The second-order valence-electron chi connectivity index (χ2n) is 3.93. The fourth-order valence-electron chi connectivity index (χ4n) is 1.41. The molecule has 0 heterocycles. The Morgan fingerprint density at radius 3 is 2.48 bits per heavy atom. The number of ether oxygens (including phenoxy) is 1. The third-order valence-electron chi connectivity index (χ3n) is 2.38. The van der Waals surface area contributed by atoms with Crippen LogP contribution in [0, 0.1) is 22.5 Å². The Hall–Kier alpha value is -3.08. The molecule has 0 aliphatic rings. The molecule has 0 unspecified atom stereocenters. The topological polar surface area (TPSA) is 110 Å². The highest BCUT2D eigenvalue weighted by molar-refractivity contribution is 5.76. The first-order valence-electron chi connectivity index (χ1n) is 5.74. The van der Waals surface area contributed by atoms with Crippen molar-refractivity contribution < 1.29 is 24.4 Å². The van der Waals surface area contributed by atoms with E-state index in [0.29, 0.717) is 5.56 Å². The summed E-state index contributed by atoms with van der Waals surface area (Å²) in [6, 6.07) is 5.43. The SMILES string of the molecule is C#CCN(CC(=O)O)C(=O)OCc1ccc([N+](=O)[O-])cc1. The summed E-state index contributed by atoms with van der Waals surface area (Å²) < 4.78 is 4.90. The Balaban J connectivity index is 2.60. The number of amides is 1. The van der Waals surface area contributed by atoms with Crippen molar-refractivity contribution in [3.05, 3.63) is 39.9 Å². The minimum atomic E-state index is -1.21. The first-order valence-corrected chi connectivity index (χ1v) is 5.74. The zero-order valence-corrected chi connectivity index (χ0v) is 10.9. The number of carbonyl (C=O) groups excluding carboxylic acids is 1. The van der Waals surface area contributed by atoms with Gasteiger partial charge in [-0.05, 0) is 17.7 Å². The normalized spacial score (nSPS) is 9.48. The van der Waals surface area contributed by atoms with E-state index in [2.05, 4.69) is 5.92 Å². The second-order valence-corrected chi connectivity index (χ2v) is 3.93. The summed E-state index contributed by atoms with van der Waals surface area (Å²) >= 11 is 0. The molecule has 0 aromatic heterocycles. The van der Waals surface area contributed by atoms with Gasteiger partial charge in [0.25, 0.3) is 5.69 Å². The number of carbonyl (C=O) groups is 2. The first-order chi connectivity index (χ1) is 9.93. The summed E-state index contributed by atoms with van der Waals surface area (Å²) in [4.78, 5) is 33.0. The van der Waals surface area contributed by atoms with Crippen LogP contribution >= 0.6 is 0 Å². The van der Waals surface area contributed by atoms with Crippen molar-refractivity contribution in [3.63, 3.8) is 0 Å². The molecule has 1 rings (SSSR count). The summed E-state index contributed by atoms with van der Waals surface area (Å²) in [6.45, 7) is -0.897. The molecule has 21 heavy (non-hydrogen) atoms. The molecule has 0 saturated carbocycles. The van der Waals surface area contributed by atoms with Gasteiger partial charge >= 0.3 is 12.1 Å². The van der Waals surface area contributed by atoms with Crippen LogP contribution < -0.4 is 0 Å². The second kappa shape index (κ2) is 7.49. The van der Waals surface area contributed by atoms with E-state index in [1.807, 2.05) is 0 Å². The highest BCUT2D eigenvalue weighted by Crippen LogP contribution is 2.12. The Bertz CT molecular complexity index is 575. The third kappa shape index (κ3) is 5.20. The first kappa shape index (κ1) is 16.0. The van der Waals surface area contributed by atoms with Crippen LogP contribution in [-0.2, 0) is 16.1 Å². The van der Waals surface area contributed by atoms with E-state index < -0.39 is 23.5 Å². The van der Waals surface area contributed by atoms with Crippen molar-refractivity contribution in [2.24, 2.45) is 0 Å². The number of carboxylic acids is 1. The van der Waals surface area contributed by atoms with Gasteiger partial charge in [-0.25, -0.2) is 4.79 Å². The molecule has 0 fully saturated rings. The lowest BCUT2D eigenvalue weighted by Crippen LogP contribution is -2.36. The molecule has 1 amide bonds. The molecule has 0 atom stereocenters. The predicted molar refractivity (Wildman–Crippen MR) is 71.3 cm³/mol. The Morgan fingerprint density at radius 2 is 2.00 bits per heavy atom. The fourth-order valence-corrected chi connectivity index (χ4v) is 1.41. The zero-order chi connectivity index (χ0) is 15.8. The van der Waals surface area contributed by atoms with Crippen LogP contribution in [-0.4, -0.2) is 40.1 Å². The highest BCUT2D eigenvalue weighted by Gasteiger charge is 2.17. The average Bonchev–Trinajstić information content (AvgIpc) is 2.44. The lowest BCUT2D eigenvalue weighted by Gasteiger charge is -2.17. The predicted octanol–water partition coefficient (Wildman–Crippen LogP) is 1.25. The highest BCUT2D eigenvalue weighted by atomic mass is 16.6. The van der Waals surface area contributed by atoms with Gasteiger partial charge in [0.05, 0.1) is 11.5 Å². The van der Waals surface area contributed by atoms with Crippen molar-refractivity contribution in [3.8, 4) is 12.3 Å². The number of hydrogen-bond acceptors (Lipinski definition) is 5. The van der Waals surface area contributed by atoms with E-state index in [-0.39, 0.29) is 18.8 Å². The molecule has 8 nitrogen and oxygen atoms in total. The number of nitro groups is 1. The van der Waals surface area contributed by atoms with E-state index in [1.165, 1.54) is 24.3 Å². The number of non-ortho nitro benzene ring substituents is 1. The van der Waals surface area contributed by atoms with Crippen LogP contribution in [0.3, 0.4) is 0 Å².